The summed E-state index contributed by atoms with van der Waals surface area (Å²) in [7, 11) is 0. The van der Waals surface area contributed by atoms with E-state index in [1.165, 1.54) is 19.3 Å². The molecule has 0 saturated carbocycles. The van der Waals surface area contributed by atoms with E-state index in [1.54, 1.807) is 11.1 Å². The molecule has 1 heteroatoms. The van der Waals surface area contributed by atoms with E-state index < -0.39 is 0 Å². The topological polar surface area (TPSA) is 0 Å². The van der Waals surface area contributed by atoms with Gasteiger partial charge in [-0.1, -0.05) is 0 Å². The van der Waals surface area contributed by atoms with E-state index >= 15 is 0 Å². The van der Waals surface area contributed by atoms with Gasteiger partial charge in [0, 0.05) is 0 Å². The first-order valence-corrected chi connectivity index (χ1v) is 7.22. The van der Waals surface area contributed by atoms with E-state index in [0.29, 0.717) is 0 Å². The fourth-order valence-electron chi connectivity index (χ4n) is 1.95. The zero-order chi connectivity index (χ0) is 8.39. The Labute approximate surface area is 80.5 Å². The monoisotopic (exact) mass is 226 g/mol. The van der Waals surface area contributed by atoms with E-state index in [4.69, 9.17) is 0 Å². The standard InChI is InChI=1S/C11H14Se/c1-12-11-8-4-6-9-5-2-3-7-10(9)11/h2-3,5,7,11H,4,6,8H2,1H3. The Morgan fingerprint density at radius 2 is 2.17 bits per heavy atom. The second-order valence-corrected chi connectivity index (χ2v) is 5.50. The zero-order valence-corrected chi connectivity index (χ0v) is 9.13. The van der Waals surface area contributed by atoms with Crippen LogP contribution in [0, 0.1) is 0 Å². The van der Waals surface area contributed by atoms with E-state index in [0.717, 1.165) is 19.8 Å². The van der Waals surface area contributed by atoms with Crippen molar-refractivity contribution in [2.45, 2.75) is 29.9 Å². The van der Waals surface area contributed by atoms with E-state index in [1.807, 2.05) is 0 Å². The van der Waals surface area contributed by atoms with E-state index in [9.17, 15) is 0 Å². The molecule has 0 spiro atoms. The van der Waals surface area contributed by atoms with Gasteiger partial charge in [0.1, 0.15) is 0 Å². The summed E-state index contributed by atoms with van der Waals surface area (Å²) in [6.45, 7) is 0. The van der Waals surface area contributed by atoms with Crippen LogP contribution in [0.25, 0.3) is 0 Å². The summed E-state index contributed by atoms with van der Waals surface area (Å²) < 4.78 is 0. The van der Waals surface area contributed by atoms with Crippen LogP contribution >= 0.6 is 0 Å². The Bertz CT molecular complexity index is 267. The van der Waals surface area contributed by atoms with E-state index in [2.05, 4.69) is 30.1 Å². The molecule has 0 aliphatic heterocycles. The van der Waals surface area contributed by atoms with E-state index in [-0.39, 0.29) is 0 Å². The van der Waals surface area contributed by atoms with Crippen LogP contribution in [-0.4, -0.2) is 15.0 Å². The number of rotatable bonds is 1. The predicted molar refractivity (Wildman–Crippen MR) is 53.7 cm³/mol. The van der Waals surface area contributed by atoms with Gasteiger partial charge in [0.25, 0.3) is 0 Å². The molecule has 1 atom stereocenters. The van der Waals surface area contributed by atoms with Gasteiger partial charge in [-0.2, -0.15) is 0 Å². The van der Waals surface area contributed by atoms with Crippen LogP contribution in [-0.2, 0) is 6.42 Å². The first-order valence-electron chi connectivity index (χ1n) is 4.52. The van der Waals surface area contributed by atoms with Gasteiger partial charge >= 0.3 is 80.3 Å². The van der Waals surface area contributed by atoms with Crippen molar-refractivity contribution in [2.24, 2.45) is 0 Å². The van der Waals surface area contributed by atoms with Crippen LogP contribution in [0.1, 0.15) is 28.8 Å². The van der Waals surface area contributed by atoms with Gasteiger partial charge in [-0.25, -0.2) is 0 Å². The third-order valence-electron chi connectivity index (χ3n) is 2.60. The maximum absolute atomic E-state index is 2.36. The molecule has 0 nitrogen and oxygen atoms in total. The number of hydrogen-bond donors (Lipinski definition) is 0. The third kappa shape index (κ3) is 1.44. The first kappa shape index (κ1) is 8.34. The molecular weight excluding hydrogens is 211 g/mol. The van der Waals surface area contributed by atoms with Crippen molar-refractivity contribution in [3.05, 3.63) is 35.4 Å². The molecule has 0 heterocycles. The summed E-state index contributed by atoms with van der Waals surface area (Å²) in [6.07, 6.45) is 4.13. The van der Waals surface area contributed by atoms with Crippen molar-refractivity contribution in [1.29, 1.82) is 0 Å². The minimum atomic E-state index is 0.788. The summed E-state index contributed by atoms with van der Waals surface area (Å²) in [6, 6.07) is 8.98. The fraction of sp³-hybridized carbons (Fsp3) is 0.455. The van der Waals surface area contributed by atoms with Crippen molar-refractivity contribution < 1.29 is 0 Å². The van der Waals surface area contributed by atoms with Crippen molar-refractivity contribution in [2.75, 3.05) is 0 Å². The van der Waals surface area contributed by atoms with Crippen LogP contribution in [0.5, 0.6) is 0 Å². The quantitative estimate of drug-likeness (QED) is 0.645. The van der Waals surface area contributed by atoms with Gasteiger partial charge in [-0.05, 0) is 0 Å². The molecule has 12 heavy (non-hydrogen) atoms. The average molecular weight is 225 g/mol. The molecule has 1 unspecified atom stereocenters. The number of fused-ring (bicyclic) bond motifs is 1. The minimum absolute atomic E-state index is 0.788. The van der Waals surface area contributed by atoms with Crippen LogP contribution in [0.3, 0.4) is 0 Å². The van der Waals surface area contributed by atoms with Gasteiger partial charge in [0.15, 0.2) is 0 Å². The number of benzene rings is 1. The first-order chi connectivity index (χ1) is 5.92. The van der Waals surface area contributed by atoms with Crippen molar-refractivity contribution >= 4 is 15.0 Å². The Hall–Kier alpha value is -0.261. The molecule has 1 aliphatic carbocycles. The summed E-state index contributed by atoms with van der Waals surface area (Å²) >= 11 is 0.788. The molecule has 1 aliphatic rings. The number of aryl methyl sites for hydroxylation is 1. The summed E-state index contributed by atoms with van der Waals surface area (Å²) in [5, 5.41) is 0. The Morgan fingerprint density at radius 1 is 1.33 bits per heavy atom. The van der Waals surface area contributed by atoms with Gasteiger partial charge in [0.05, 0.1) is 0 Å². The molecule has 64 valence electrons. The molecule has 0 N–H and O–H groups in total. The Kier molecular flexibility index (Phi) is 2.53. The second-order valence-electron chi connectivity index (χ2n) is 3.32. The van der Waals surface area contributed by atoms with Crippen LogP contribution in [0.2, 0.25) is 5.82 Å². The predicted octanol–water partition coefficient (Wildman–Crippen LogP) is 2.82. The average Bonchev–Trinajstić information content (AvgIpc) is 2.17. The third-order valence-corrected chi connectivity index (χ3v) is 4.82. The SMILES string of the molecule is C[Se]C1CCCc2ccccc21. The summed E-state index contributed by atoms with van der Waals surface area (Å²) in [5.41, 5.74) is 3.25. The molecule has 0 fully saturated rings. The molecule has 1 aromatic rings. The van der Waals surface area contributed by atoms with Gasteiger partial charge in [0.2, 0.25) is 0 Å². The van der Waals surface area contributed by atoms with Gasteiger partial charge in [-0.3, -0.25) is 0 Å². The fourth-order valence-corrected chi connectivity index (χ4v) is 3.81. The molecule has 0 radical (unpaired) electrons. The van der Waals surface area contributed by atoms with Crippen LogP contribution in [0.15, 0.2) is 24.3 Å². The Balaban J connectivity index is 2.37. The van der Waals surface area contributed by atoms with Gasteiger partial charge in [-0.15, -0.1) is 0 Å². The van der Waals surface area contributed by atoms with Crippen LogP contribution in [0.4, 0.5) is 0 Å². The normalized spacial score (nSPS) is 21.9. The van der Waals surface area contributed by atoms with Crippen LogP contribution < -0.4 is 0 Å². The number of hydrogen-bond acceptors (Lipinski definition) is 0. The molecule has 0 saturated heterocycles. The Morgan fingerprint density at radius 3 is 3.00 bits per heavy atom. The van der Waals surface area contributed by atoms with Crippen molar-refractivity contribution in [3.8, 4) is 0 Å². The zero-order valence-electron chi connectivity index (χ0n) is 7.42. The molecule has 0 aromatic heterocycles. The molecule has 1 aromatic carbocycles. The molecule has 2 rings (SSSR count). The second kappa shape index (κ2) is 3.64. The molecule has 0 bridgehead atoms. The van der Waals surface area contributed by atoms with Crippen molar-refractivity contribution in [3.63, 3.8) is 0 Å². The molecule has 0 amide bonds. The maximum atomic E-state index is 2.36. The van der Waals surface area contributed by atoms with Gasteiger partial charge < -0.3 is 0 Å². The summed E-state index contributed by atoms with van der Waals surface area (Å²) in [4.78, 5) is 0.905. The molecular formula is C11H14Se. The summed E-state index contributed by atoms with van der Waals surface area (Å²) in [5.74, 6) is 2.36. The van der Waals surface area contributed by atoms with Crippen molar-refractivity contribution in [1.82, 2.24) is 0 Å².